The van der Waals surface area contributed by atoms with Crippen LogP contribution in [0.1, 0.15) is 53.1 Å². The molecule has 3 aromatic rings. The zero-order chi connectivity index (χ0) is 20.0. The van der Waals surface area contributed by atoms with Gasteiger partial charge in [0.15, 0.2) is 0 Å². The van der Waals surface area contributed by atoms with Crippen LogP contribution in [0.4, 0.5) is 4.39 Å². The second-order valence-corrected chi connectivity index (χ2v) is 8.28. The molecule has 2 aliphatic rings. The Morgan fingerprint density at radius 2 is 2.00 bits per heavy atom. The van der Waals surface area contributed by atoms with E-state index in [4.69, 9.17) is 5.73 Å². The standard InChI is InChI=1S/C24H26FN3O/c25-20-7-2-1-5-18(20)19-6-3-4-17-14-27-10-11-28-21-13-16(24(26)29)9-8-15(21)12-22(28)23(17)19/h3-4,6,8-9,12-13,18,20,27H,1-2,5,7,10-11,14H2,(H2,26,29)/t18-,20+/m0/s1. The normalized spacial score (nSPS) is 21.8. The first-order valence-electron chi connectivity index (χ1n) is 10.5. The van der Waals surface area contributed by atoms with Gasteiger partial charge in [0.05, 0.1) is 0 Å². The molecule has 5 rings (SSSR count). The SMILES string of the molecule is NC(=O)c1ccc2cc3n(c2c1)CCNCc1cccc([C@@H]2CCCC[C@H]2F)c1-3. The lowest BCUT2D eigenvalue weighted by Gasteiger charge is -2.30. The van der Waals surface area contributed by atoms with E-state index in [2.05, 4.69) is 34.1 Å². The van der Waals surface area contributed by atoms with Gasteiger partial charge in [0.1, 0.15) is 6.17 Å². The van der Waals surface area contributed by atoms with E-state index in [1.54, 1.807) is 6.07 Å². The molecule has 2 heterocycles. The second-order valence-electron chi connectivity index (χ2n) is 8.28. The van der Waals surface area contributed by atoms with Crippen LogP contribution in [0.25, 0.3) is 22.2 Å². The molecule has 3 N–H and O–H groups in total. The predicted octanol–water partition coefficient (Wildman–Crippen LogP) is 4.51. The number of primary amides is 1. The summed E-state index contributed by atoms with van der Waals surface area (Å²) in [7, 11) is 0. The van der Waals surface area contributed by atoms with Crippen molar-refractivity contribution in [2.24, 2.45) is 5.73 Å². The minimum Gasteiger partial charge on any atom is -0.366 e. The highest BCUT2D eigenvalue weighted by Crippen LogP contribution is 2.43. The van der Waals surface area contributed by atoms with Crippen molar-refractivity contribution < 1.29 is 9.18 Å². The summed E-state index contributed by atoms with van der Waals surface area (Å²) >= 11 is 0. The molecular formula is C24H26FN3O. The van der Waals surface area contributed by atoms with Gasteiger partial charge >= 0.3 is 0 Å². The second kappa shape index (κ2) is 7.30. The van der Waals surface area contributed by atoms with Crippen molar-refractivity contribution in [1.29, 1.82) is 0 Å². The molecule has 0 spiro atoms. The van der Waals surface area contributed by atoms with Crippen LogP contribution >= 0.6 is 0 Å². The number of carbonyl (C=O) groups excluding carboxylic acids is 1. The van der Waals surface area contributed by atoms with Crippen molar-refractivity contribution in [2.45, 2.75) is 50.9 Å². The van der Waals surface area contributed by atoms with Crippen LogP contribution in [0, 0.1) is 0 Å². The summed E-state index contributed by atoms with van der Waals surface area (Å²) in [6, 6.07) is 14.1. The third kappa shape index (κ3) is 3.14. The molecule has 150 valence electrons. The van der Waals surface area contributed by atoms with Crippen molar-refractivity contribution in [3.8, 4) is 11.3 Å². The number of hydrogen-bond acceptors (Lipinski definition) is 2. The van der Waals surface area contributed by atoms with Gasteiger partial charge in [0, 0.05) is 53.3 Å². The molecule has 29 heavy (non-hydrogen) atoms. The molecule has 1 amide bonds. The van der Waals surface area contributed by atoms with Crippen LogP contribution in [0.15, 0.2) is 42.5 Å². The summed E-state index contributed by atoms with van der Waals surface area (Å²) in [5.41, 5.74) is 11.6. The van der Waals surface area contributed by atoms with Gasteiger partial charge in [-0.15, -0.1) is 0 Å². The highest BCUT2D eigenvalue weighted by atomic mass is 19.1. The number of alkyl halides is 1. The highest BCUT2D eigenvalue weighted by molar-refractivity contribution is 5.98. The fraction of sp³-hybridized carbons (Fsp3) is 0.375. The Hall–Kier alpha value is -2.66. The van der Waals surface area contributed by atoms with E-state index >= 15 is 0 Å². The molecule has 2 atom stereocenters. The van der Waals surface area contributed by atoms with Gasteiger partial charge < -0.3 is 15.6 Å². The summed E-state index contributed by atoms with van der Waals surface area (Å²) in [4.78, 5) is 11.7. The fourth-order valence-electron chi connectivity index (χ4n) is 5.09. The smallest absolute Gasteiger partial charge is 0.248 e. The molecule has 0 unspecified atom stereocenters. The molecular weight excluding hydrogens is 365 g/mol. The Balaban J connectivity index is 1.75. The van der Waals surface area contributed by atoms with Crippen molar-refractivity contribution in [2.75, 3.05) is 6.54 Å². The van der Waals surface area contributed by atoms with E-state index in [0.29, 0.717) is 12.0 Å². The molecule has 0 saturated heterocycles. The van der Waals surface area contributed by atoms with Crippen LogP contribution in [0.5, 0.6) is 0 Å². The molecule has 1 aliphatic heterocycles. The van der Waals surface area contributed by atoms with E-state index < -0.39 is 12.1 Å². The Morgan fingerprint density at radius 3 is 2.83 bits per heavy atom. The summed E-state index contributed by atoms with van der Waals surface area (Å²) in [6.07, 6.45) is 2.82. The highest BCUT2D eigenvalue weighted by Gasteiger charge is 2.30. The van der Waals surface area contributed by atoms with E-state index in [9.17, 15) is 9.18 Å². The van der Waals surface area contributed by atoms with Crippen LogP contribution in [0.2, 0.25) is 0 Å². The maximum absolute atomic E-state index is 14.9. The predicted molar refractivity (Wildman–Crippen MR) is 114 cm³/mol. The molecule has 1 saturated carbocycles. The Morgan fingerprint density at radius 1 is 1.14 bits per heavy atom. The number of benzene rings is 2. The maximum Gasteiger partial charge on any atom is 0.248 e. The Bertz CT molecular complexity index is 1090. The number of nitrogens with zero attached hydrogens (tertiary/aromatic N) is 1. The largest absolute Gasteiger partial charge is 0.366 e. The van der Waals surface area contributed by atoms with Gasteiger partial charge in [-0.3, -0.25) is 4.79 Å². The van der Waals surface area contributed by atoms with E-state index in [-0.39, 0.29) is 5.92 Å². The lowest BCUT2D eigenvalue weighted by atomic mass is 9.79. The third-order valence-electron chi connectivity index (χ3n) is 6.54. The molecule has 1 aliphatic carbocycles. The van der Waals surface area contributed by atoms with E-state index in [0.717, 1.165) is 66.6 Å². The molecule has 2 aromatic carbocycles. The summed E-state index contributed by atoms with van der Waals surface area (Å²) in [6.45, 7) is 2.40. The van der Waals surface area contributed by atoms with Gasteiger partial charge in [-0.25, -0.2) is 4.39 Å². The van der Waals surface area contributed by atoms with Crippen LogP contribution in [-0.2, 0) is 13.1 Å². The summed E-state index contributed by atoms with van der Waals surface area (Å²) < 4.78 is 17.2. The average Bonchev–Trinajstić information content (AvgIpc) is 3.06. The number of nitrogens with one attached hydrogen (secondary N) is 1. The van der Waals surface area contributed by atoms with Crippen LogP contribution in [0.3, 0.4) is 0 Å². The third-order valence-corrected chi connectivity index (χ3v) is 6.54. The lowest BCUT2D eigenvalue weighted by molar-refractivity contribution is 0.100. The Kier molecular flexibility index (Phi) is 4.63. The number of hydrogen-bond donors (Lipinski definition) is 2. The Labute approximate surface area is 169 Å². The molecule has 1 fully saturated rings. The van der Waals surface area contributed by atoms with Crippen molar-refractivity contribution in [1.82, 2.24) is 9.88 Å². The van der Waals surface area contributed by atoms with Crippen molar-refractivity contribution >= 4 is 16.8 Å². The number of carbonyl (C=O) groups is 1. The summed E-state index contributed by atoms with van der Waals surface area (Å²) in [5.74, 6) is -0.472. The van der Waals surface area contributed by atoms with Crippen molar-refractivity contribution in [3.63, 3.8) is 0 Å². The first kappa shape index (κ1) is 18.4. The van der Waals surface area contributed by atoms with Gasteiger partial charge in [0.25, 0.3) is 0 Å². The molecule has 5 heteroatoms. The van der Waals surface area contributed by atoms with Crippen molar-refractivity contribution in [3.05, 3.63) is 59.2 Å². The number of aromatic nitrogens is 1. The maximum atomic E-state index is 14.9. The van der Waals surface area contributed by atoms with E-state index in [1.165, 1.54) is 5.56 Å². The fourth-order valence-corrected chi connectivity index (χ4v) is 5.09. The lowest BCUT2D eigenvalue weighted by Crippen LogP contribution is -2.25. The summed E-state index contributed by atoms with van der Waals surface area (Å²) in [5, 5.41) is 4.59. The minimum absolute atomic E-state index is 0.0502. The zero-order valence-corrected chi connectivity index (χ0v) is 16.5. The monoisotopic (exact) mass is 391 g/mol. The van der Waals surface area contributed by atoms with Gasteiger partial charge in [0.2, 0.25) is 5.91 Å². The number of fused-ring (bicyclic) bond motifs is 5. The number of amides is 1. The first-order chi connectivity index (χ1) is 14.1. The molecule has 0 radical (unpaired) electrons. The topological polar surface area (TPSA) is 60.1 Å². The number of nitrogens with two attached hydrogens (primary N) is 1. The van der Waals surface area contributed by atoms with Crippen LogP contribution in [-0.4, -0.2) is 23.2 Å². The number of rotatable bonds is 2. The van der Waals surface area contributed by atoms with E-state index in [1.807, 2.05) is 12.1 Å². The van der Waals surface area contributed by atoms with Gasteiger partial charge in [-0.05, 0) is 42.2 Å². The molecule has 4 nitrogen and oxygen atoms in total. The molecule has 1 aromatic heterocycles. The van der Waals surface area contributed by atoms with Gasteiger partial charge in [-0.2, -0.15) is 0 Å². The van der Waals surface area contributed by atoms with Gasteiger partial charge in [-0.1, -0.05) is 37.1 Å². The van der Waals surface area contributed by atoms with Crippen LogP contribution < -0.4 is 11.1 Å². The first-order valence-corrected chi connectivity index (χ1v) is 10.5. The molecule has 0 bridgehead atoms. The zero-order valence-electron chi connectivity index (χ0n) is 16.5. The quantitative estimate of drug-likeness (QED) is 0.675. The average molecular weight is 391 g/mol. The minimum atomic E-state index is -0.784. The number of halogens is 1.